The summed E-state index contributed by atoms with van der Waals surface area (Å²) >= 11 is 0. The summed E-state index contributed by atoms with van der Waals surface area (Å²) < 4.78 is 7.26. The minimum Gasteiger partial charge on any atom is -0.379 e. The number of carbonyl (C=O) groups excluding carboxylic acids is 1. The summed E-state index contributed by atoms with van der Waals surface area (Å²) in [6, 6.07) is 15.4. The van der Waals surface area contributed by atoms with Crippen molar-refractivity contribution in [3.63, 3.8) is 0 Å². The van der Waals surface area contributed by atoms with Gasteiger partial charge in [0, 0.05) is 23.4 Å². The van der Waals surface area contributed by atoms with Gasteiger partial charge in [-0.05, 0) is 37.1 Å². The van der Waals surface area contributed by atoms with Gasteiger partial charge >= 0.3 is 0 Å². The first-order valence-corrected chi connectivity index (χ1v) is 8.68. The standard InChI is InChI=1S/C20H20N4O2/c1-14-7-8-15(19-12-24(23-22-19)17-9-10-26-13-17)11-18(14)20(25)21-16-5-3-2-4-6-16/h2-8,11-12,17H,9-10,13H2,1H3,(H,21,25)/t17-/m1/s1. The van der Waals surface area contributed by atoms with E-state index in [9.17, 15) is 4.79 Å². The minimum atomic E-state index is -0.132. The van der Waals surface area contributed by atoms with E-state index in [0.29, 0.717) is 12.2 Å². The second-order valence-electron chi connectivity index (χ2n) is 6.45. The second kappa shape index (κ2) is 7.09. The monoisotopic (exact) mass is 348 g/mol. The molecule has 0 aliphatic carbocycles. The highest BCUT2D eigenvalue weighted by atomic mass is 16.5. The first-order valence-electron chi connectivity index (χ1n) is 8.68. The van der Waals surface area contributed by atoms with E-state index in [1.54, 1.807) is 0 Å². The van der Waals surface area contributed by atoms with E-state index in [-0.39, 0.29) is 11.9 Å². The molecule has 1 saturated heterocycles. The van der Waals surface area contributed by atoms with Gasteiger partial charge in [-0.3, -0.25) is 4.79 Å². The summed E-state index contributed by atoms with van der Waals surface area (Å²) in [6.07, 6.45) is 2.87. The van der Waals surface area contributed by atoms with Crippen molar-refractivity contribution in [2.75, 3.05) is 18.5 Å². The summed E-state index contributed by atoms with van der Waals surface area (Å²) in [5.74, 6) is -0.132. The van der Waals surface area contributed by atoms with Crippen LogP contribution < -0.4 is 5.32 Å². The fraction of sp³-hybridized carbons (Fsp3) is 0.250. The van der Waals surface area contributed by atoms with E-state index in [4.69, 9.17) is 4.74 Å². The van der Waals surface area contributed by atoms with E-state index < -0.39 is 0 Å². The van der Waals surface area contributed by atoms with Crippen molar-refractivity contribution in [3.05, 3.63) is 65.9 Å². The van der Waals surface area contributed by atoms with E-state index in [1.807, 2.05) is 66.3 Å². The van der Waals surface area contributed by atoms with Crippen molar-refractivity contribution in [1.82, 2.24) is 15.0 Å². The highest BCUT2D eigenvalue weighted by Crippen LogP contribution is 2.24. The molecule has 4 rings (SSSR count). The Morgan fingerprint density at radius 1 is 1.23 bits per heavy atom. The lowest BCUT2D eigenvalue weighted by molar-refractivity contribution is 0.102. The molecule has 2 heterocycles. The Morgan fingerprint density at radius 3 is 2.85 bits per heavy atom. The third-order valence-corrected chi connectivity index (χ3v) is 4.60. The third kappa shape index (κ3) is 3.36. The van der Waals surface area contributed by atoms with Crippen LogP contribution in [0.3, 0.4) is 0 Å². The number of hydrogen-bond donors (Lipinski definition) is 1. The second-order valence-corrected chi connectivity index (χ2v) is 6.45. The molecule has 3 aromatic rings. The average molecular weight is 348 g/mol. The molecule has 0 saturated carbocycles. The van der Waals surface area contributed by atoms with Crippen LogP contribution in [0.5, 0.6) is 0 Å². The number of amides is 1. The molecule has 1 fully saturated rings. The number of para-hydroxylation sites is 1. The molecule has 1 atom stereocenters. The molecule has 6 nitrogen and oxygen atoms in total. The van der Waals surface area contributed by atoms with Crippen LogP contribution in [0.4, 0.5) is 5.69 Å². The zero-order chi connectivity index (χ0) is 17.9. The maximum Gasteiger partial charge on any atom is 0.255 e. The smallest absolute Gasteiger partial charge is 0.255 e. The lowest BCUT2D eigenvalue weighted by Crippen LogP contribution is -2.13. The quantitative estimate of drug-likeness (QED) is 0.784. The Balaban J connectivity index is 1.59. The molecule has 1 amide bonds. The molecule has 1 N–H and O–H groups in total. The maximum atomic E-state index is 12.7. The van der Waals surface area contributed by atoms with Gasteiger partial charge in [-0.15, -0.1) is 5.10 Å². The third-order valence-electron chi connectivity index (χ3n) is 4.60. The molecule has 132 valence electrons. The fourth-order valence-corrected chi connectivity index (χ4v) is 3.06. The van der Waals surface area contributed by atoms with Gasteiger partial charge in [0.25, 0.3) is 5.91 Å². The molecule has 2 aromatic carbocycles. The van der Waals surface area contributed by atoms with E-state index in [2.05, 4.69) is 15.6 Å². The Morgan fingerprint density at radius 2 is 2.08 bits per heavy atom. The van der Waals surface area contributed by atoms with Crippen molar-refractivity contribution in [1.29, 1.82) is 0 Å². The van der Waals surface area contributed by atoms with Gasteiger partial charge in [-0.2, -0.15) is 0 Å². The molecule has 1 aromatic heterocycles. The first-order chi connectivity index (χ1) is 12.7. The van der Waals surface area contributed by atoms with Crippen molar-refractivity contribution < 1.29 is 9.53 Å². The minimum absolute atomic E-state index is 0.132. The molecule has 1 aliphatic heterocycles. The summed E-state index contributed by atoms with van der Waals surface area (Å²) in [4.78, 5) is 12.7. The van der Waals surface area contributed by atoms with Crippen LogP contribution in [0.1, 0.15) is 28.4 Å². The molecule has 0 radical (unpaired) electrons. The van der Waals surface area contributed by atoms with E-state index in [0.717, 1.165) is 35.5 Å². The first kappa shape index (κ1) is 16.5. The lowest BCUT2D eigenvalue weighted by atomic mass is 10.0. The van der Waals surface area contributed by atoms with Crippen LogP contribution >= 0.6 is 0 Å². The number of nitrogens with zero attached hydrogens (tertiary/aromatic N) is 3. The normalized spacial score (nSPS) is 16.6. The number of aromatic nitrogens is 3. The zero-order valence-electron chi connectivity index (χ0n) is 14.6. The van der Waals surface area contributed by atoms with Gasteiger partial charge in [0.1, 0.15) is 5.69 Å². The van der Waals surface area contributed by atoms with Crippen molar-refractivity contribution in [2.45, 2.75) is 19.4 Å². The molecule has 0 unspecified atom stereocenters. The maximum absolute atomic E-state index is 12.7. The van der Waals surface area contributed by atoms with Gasteiger partial charge in [0.05, 0.1) is 18.8 Å². The SMILES string of the molecule is Cc1ccc(-c2cn([C@@H]3CCOC3)nn2)cc1C(=O)Nc1ccccc1. The topological polar surface area (TPSA) is 69.0 Å². The van der Waals surface area contributed by atoms with Gasteiger partial charge in [0.2, 0.25) is 0 Å². The molecular formula is C20H20N4O2. The molecular weight excluding hydrogens is 328 g/mol. The largest absolute Gasteiger partial charge is 0.379 e. The molecule has 0 spiro atoms. The van der Waals surface area contributed by atoms with Crippen LogP contribution in [0.2, 0.25) is 0 Å². The number of benzene rings is 2. The number of nitrogens with one attached hydrogen (secondary N) is 1. The van der Waals surface area contributed by atoms with Gasteiger partial charge < -0.3 is 10.1 Å². The van der Waals surface area contributed by atoms with Gasteiger partial charge in [-0.1, -0.05) is 35.5 Å². The number of hydrogen-bond acceptors (Lipinski definition) is 4. The number of ether oxygens (including phenoxy) is 1. The fourth-order valence-electron chi connectivity index (χ4n) is 3.06. The molecule has 6 heteroatoms. The van der Waals surface area contributed by atoms with Crippen LogP contribution in [-0.4, -0.2) is 34.1 Å². The van der Waals surface area contributed by atoms with Crippen LogP contribution in [0, 0.1) is 6.92 Å². The Labute approximate surface area is 151 Å². The van der Waals surface area contributed by atoms with E-state index in [1.165, 1.54) is 0 Å². The Hall–Kier alpha value is -2.99. The molecule has 26 heavy (non-hydrogen) atoms. The average Bonchev–Trinajstić information content (AvgIpc) is 3.34. The molecule has 1 aliphatic rings. The summed E-state index contributed by atoms with van der Waals surface area (Å²) in [7, 11) is 0. The van der Waals surface area contributed by atoms with Crippen molar-refractivity contribution in [3.8, 4) is 11.3 Å². The van der Waals surface area contributed by atoms with E-state index >= 15 is 0 Å². The predicted octanol–water partition coefficient (Wildman–Crippen LogP) is 3.47. The van der Waals surface area contributed by atoms with Gasteiger partial charge in [-0.25, -0.2) is 4.68 Å². The van der Waals surface area contributed by atoms with Crippen LogP contribution in [0.15, 0.2) is 54.7 Å². The summed E-state index contributed by atoms with van der Waals surface area (Å²) in [5.41, 5.74) is 3.95. The zero-order valence-corrected chi connectivity index (χ0v) is 14.6. The van der Waals surface area contributed by atoms with Crippen LogP contribution in [0.25, 0.3) is 11.3 Å². The highest BCUT2D eigenvalue weighted by Gasteiger charge is 2.20. The molecule has 0 bridgehead atoms. The Kier molecular flexibility index (Phi) is 4.50. The number of anilines is 1. The summed E-state index contributed by atoms with van der Waals surface area (Å²) in [5, 5.41) is 11.4. The predicted molar refractivity (Wildman–Crippen MR) is 99.1 cm³/mol. The summed E-state index contributed by atoms with van der Waals surface area (Å²) in [6.45, 7) is 3.35. The number of rotatable bonds is 4. The van der Waals surface area contributed by atoms with Crippen LogP contribution in [-0.2, 0) is 4.74 Å². The van der Waals surface area contributed by atoms with Crippen molar-refractivity contribution >= 4 is 11.6 Å². The van der Waals surface area contributed by atoms with Crippen molar-refractivity contribution in [2.24, 2.45) is 0 Å². The number of aryl methyl sites for hydroxylation is 1. The van der Waals surface area contributed by atoms with Gasteiger partial charge in [0.15, 0.2) is 0 Å². The lowest BCUT2D eigenvalue weighted by Gasteiger charge is -2.09. The Bertz CT molecular complexity index is 915. The highest BCUT2D eigenvalue weighted by molar-refractivity contribution is 6.05. The number of carbonyl (C=O) groups is 1.